The maximum atomic E-state index is 13.0. The first-order chi connectivity index (χ1) is 10.7. The minimum atomic E-state index is -0.295. The molecule has 0 bridgehead atoms. The molecule has 1 aliphatic heterocycles. The smallest absolute Gasteiger partial charge is 0.291 e. The molecule has 1 N–H and O–H groups in total. The van der Waals surface area contributed by atoms with Crippen LogP contribution in [0.3, 0.4) is 0 Å². The van der Waals surface area contributed by atoms with Crippen molar-refractivity contribution in [2.24, 2.45) is 0 Å². The lowest BCUT2D eigenvalue weighted by Gasteiger charge is -2.24. The fourth-order valence-corrected chi connectivity index (χ4v) is 2.52. The van der Waals surface area contributed by atoms with E-state index < -0.39 is 0 Å². The van der Waals surface area contributed by atoms with Crippen LogP contribution < -0.4 is 0 Å². The summed E-state index contributed by atoms with van der Waals surface area (Å²) in [6.45, 7) is 1.59. The number of hydrogen-bond donors (Lipinski definition) is 1. The molecule has 1 aromatic carbocycles. The van der Waals surface area contributed by atoms with E-state index in [-0.39, 0.29) is 23.7 Å². The maximum absolute atomic E-state index is 13.0. The minimum Gasteiger partial charge on any atom is -0.376 e. The molecule has 0 spiro atoms. The van der Waals surface area contributed by atoms with E-state index in [1.54, 1.807) is 17.0 Å². The van der Waals surface area contributed by atoms with E-state index >= 15 is 0 Å². The molecule has 6 nitrogen and oxygen atoms in total. The van der Waals surface area contributed by atoms with Gasteiger partial charge in [0.1, 0.15) is 12.1 Å². The van der Waals surface area contributed by atoms with Gasteiger partial charge in [-0.3, -0.25) is 9.89 Å². The third kappa shape index (κ3) is 3.48. The summed E-state index contributed by atoms with van der Waals surface area (Å²) in [7, 11) is 0. The van der Waals surface area contributed by atoms with Gasteiger partial charge in [0.15, 0.2) is 0 Å². The molecule has 1 aromatic heterocycles. The number of aromatic amines is 1. The van der Waals surface area contributed by atoms with Crippen molar-refractivity contribution in [1.29, 1.82) is 0 Å². The Kier molecular flexibility index (Phi) is 4.43. The highest BCUT2D eigenvalue weighted by atomic mass is 19.1. The van der Waals surface area contributed by atoms with Crippen LogP contribution >= 0.6 is 0 Å². The quantitative estimate of drug-likeness (QED) is 0.914. The number of H-pyrrole nitrogens is 1. The first-order valence-corrected chi connectivity index (χ1v) is 7.23. The largest absolute Gasteiger partial charge is 0.376 e. The Balaban J connectivity index is 1.75. The molecule has 1 fully saturated rings. The van der Waals surface area contributed by atoms with Crippen LogP contribution in [-0.2, 0) is 11.3 Å². The molecular weight excluding hydrogens is 287 g/mol. The molecule has 1 amide bonds. The molecule has 2 aromatic rings. The number of ether oxygens (including phenoxy) is 1. The predicted octanol–water partition coefficient (Wildman–Crippen LogP) is 1.77. The lowest BCUT2D eigenvalue weighted by atomic mass is 10.1. The summed E-state index contributed by atoms with van der Waals surface area (Å²) in [6.07, 6.45) is 3.28. The van der Waals surface area contributed by atoms with Crippen molar-refractivity contribution in [3.8, 4) is 0 Å². The van der Waals surface area contributed by atoms with E-state index in [2.05, 4.69) is 15.2 Å². The number of halogens is 1. The number of nitrogens with zero attached hydrogens (tertiary/aromatic N) is 3. The summed E-state index contributed by atoms with van der Waals surface area (Å²) in [4.78, 5) is 18.1. The summed E-state index contributed by atoms with van der Waals surface area (Å²) in [5.74, 6) is -0.339. The molecule has 1 atom stereocenters. The summed E-state index contributed by atoms with van der Waals surface area (Å²) >= 11 is 0. The van der Waals surface area contributed by atoms with Crippen molar-refractivity contribution in [2.45, 2.75) is 25.5 Å². The average molecular weight is 304 g/mol. The first kappa shape index (κ1) is 14.6. The number of aromatic nitrogens is 3. The summed E-state index contributed by atoms with van der Waals surface area (Å²) < 4.78 is 18.6. The number of nitrogens with one attached hydrogen (secondary N) is 1. The van der Waals surface area contributed by atoms with Gasteiger partial charge in [-0.2, -0.15) is 5.10 Å². The Bertz CT molecular complexity index is 609. The van der Waals surface area contributed by atoms with Crippen molar-refractivity contribution < 1.29 is 13.9 Å². The van der Waals surface area contributed by atoms with Gasteiger partial charge in [-0.1, -0.05) is 12.1 Å². The van der Waals surface area contributed by atoms with Crippen LogP contribution in [0.4, 0.5) is 4.39 Å². The fourth-order valence-electron chi connectivity index (χ4n) is 2.52. The number of carbonyl (C=O) groups is 1. The second kappa shape index (κ2) is 6.65. The Morgan fingerprint density at radius 2 is 2.23 bits per heavy atom. The van der Waals surface area contributed by atoms with Gasteiger partial charge in [0, 0.05) is 19.7 Å². The van der Waals surface area contributed by atoms with Gasteiger partial charge >= 0.3 is 0 Å². The third-order valence-corrected chi connectivity index (χ3v) is 3.64. The summed E-state index contributed by atoms with van der Waals surface area (Å²) in [6, 6.07) is 6.12. The second-order valence-corrected chi connectivity index (χ2v) is 5.28. The molecule has 7 heteroatoms. The molecule has 1 unspecified atom stereocenters. The van der Waals surface area contributed by atoms with Crippen LogP contribution in [0.15, 0.2) is 30.6 Å². The van der Waals surface area contributed by atoms with E-state index in [1.165, 1.54) is 18.5 Å². The number of rotatable bonds is 5. The molecule has 3 rings (SSSR count). The lowest BCUT2D eigenvalue weighted by Crippen LogP contribution is -2.37. The van der Waals surface area contributed by atoms with Crippen molar-refractivity contribution in [3.63, 3.8) is 0 Å². The zero-order valence-electron chi connectivity index (χ0n) is 12.0. The lowest BCUT2D eigenvalue weighted by molar-refractivity contribution is 0.0498. The Morgan fingerprint density at radius 3 is 2.86 bits per heavy atom. The van der Waals surface area contributed by atoms with Crippen molar-refractivity contribution in [1.82, 2.24) is 20.1 Å². The van der Waals surface area contributed by atoms with Gasteiger partial charge in [-0.15, -0.1) is 0 Å². The van der Waals surface area contributed by atoms with E-state index in [0.717, 1.165) is 25.0 Å². The zero-order chi connectivity index (χ0) is 15.4. The molecule has 0 aliphatic carbocycles. The molecule has 22 heavy (non-hydrogen) atoms. The molecule has 0 radical (unpaired) electrons. The van der Waals surface area contributed by atoms with Gasteiger partial charge < -0.3 is 9.64 Å². The minimum absolute atomic E-state index is 0.0346. The number of benzene rings is 1. The highest BCUT2D eigenvalue weighted by molar-refractivity contribution is 5.90. The van der Waals surface area contributed by atoms with Crippen LogP contribution in [0.2, 0.25) is 0 Å². The van der Waals surface area contributed by atoms with E-state index in [4.69, 9.17) is 4.74 Å². The number of carbonyl (C=O) groups excluding carboxylic acids is 1. The molecule has 116 valence electrons. The zero-order valence-corrected chi connectivity index (χ0v) is 12.0. The number of amides is 1. The fraction of sp³-hybridized carbons (Fsp3) is 0.400. The number of hydrogen-bond acceptors (Lipinski definition) is 4. The molecular formula is C15H17FN4O2. The van der Waals surface area contributed by atoms with Crippen molar-refractivity contribution in [3.05, 3.63) is 47.8 Å². The average Bonchev–Trinajstić information content (AvgIpc) is 3.21. The Hall–Kier alpha value is -2.28. The third-order valence-electron chi connectivity index (χ3n) is 3.64. The van der Waals surface area contributed by atoms with Gasteiger partial charge in [0.25, 0.3) is 5.91 Å². The monoisotopic (exact) mass is 304 g/mol. The van der Waals surface area contributed by atoms with E-state index in [1.807, 2.05) is 0 Å². The highest BCUT2D eigenvalue weighted by Crippen LogP contribution is 2.16. The molecule has 1 aliphatic rings. The van der Waals surface area contributed by atoms with E-state index in [0.29, 0.717) is 13.1 Å². The predicted molar refractivity (Wildman–Crippen MR) is 76.5 cm³/mol. The molecule has 2 heterocycles. The summed E-state index contributed by atoms with van der Waals surface area (Å²) in [5.41, 5.74) is 0.854. The standard InChI is InChI=1S/C15H17FN4O2/c16-12-5-3-11(4-6-12)8-20(9-13-2-1-7-22-13)15(21)14-17-10-18-19-14/h3-6,10,13H,1-2,7-9H2,(H,17,18,19). The SMILES string of the molecule is O=C(c1ncn[nH]1)N(Cc1ccc(F)cc1)CC1CCCO1. The van der Waals surface area contributed by atoms with Crippen LogP contribution in [0, 0.1) is 5.82 Å². The van der Waals surface area contributed by atoms with Gasteiger partial charge in [-0.25, -0.2) is 9.37 Å². The Labute approximate surface area is 127 Å². The van der Waals surface area contributed by atoms with Gasteiger partial charge in [0.2, 0.25) is 5.82 Å². The van der Waals surface area contributed by atoms with Crippen LogP contribution in [-0.4, -0.2) is 45.2 Å². The van der Waals surface area contributed by atoms with Gasteiger partial charge in [0.05, 0.1) is 6.10 Å². The van der Waals surface area contributed by atoms with Gasteiger partial charge in [-0.05, 0) is 30.5 Å². The second-order valence-electron chi connectivity index (χ2n) is 5.28. The topological polar surface area (TPSA) is 71.1 Å². The van der Waals surface area contributed by atoms with Crippen LogP contribution in [0.1, 0.15) is 29.0 Å². The van der Waals surface area contributed by atoms with Crippen molar-refractivity contribution in [2.75, 3.05) is 13.2 Å². The van der Waals surface area contributed by atoms with E-state index in [9.17, 15) is 9.18 Å². The normalized spacial score (nSPS) is 17.6. The Morgan fingerprint density at radius 1 is 1.41 bits per heavy atom. The molecule has 1 saturated heterocycles. The highest BCUT2D eigenvalue weighted by Gasteiger charge is 2.25. The summed E-state index contributed by atoms with van der Waals surface area (Å²) in [5, 5.41) is 6.30. The molecule has 0 saturated carbocycles. The van der Waals surface area contributed by atoms with Crippen LogP contribution in [0.25, 0.3) is 0 Å². The maximum Gasteiger partial charge on any atom is 0.291 e. The van der Waals surface area contributed by atoms with Crippen LogP contribution in [0.5, 0.6) is 0 Å². The van der Waals surface area contributed by atoms with Crippen molar-refractivity contribution >= 4 is 5.91 Å². The first-order valence-electron chi connectivity index (χ1n) is 7.23.